The lowest BCUT2D eigenvalue weighted by Crippen LogP contribution is -2.36. The number of nitrogens with zero attached hydrogens (tertiary/aromatic N) is 6. The van der Waals surface area contributed by atoms with Crippen LogP contribution in [-0.4, -0.2) is 42.0 Å². The number of aromatic nitrogens is 5. The van der Waals surface area contributed by atoms with Gasteiger partial charge in [0.2, 0.25) is 6.41 Å². The van der Waals surface area contributed by atoms with Crippen LogP contribution >= 0.6 is 11.5 Å². The lowest BCUT2D eigenvalue weighted by Gasteiger charge is -2.30. The minimum atomic E-state index is -0.0495. The highest BCUT2D eigenvalue weighted by Crippen LogP contribution is 2.27. The molecule has 0 aromatic carbocycles. The molecule has 0 bridgehead atoms. The number of carbonyl (C=O) groups is 1. The van der Waals surface area contributed by atoms with E-state index in [-0.39, 0.29) is 6.04 Å². The predicted molar refractivity (Wildman–Crippen MR) is 64.8 cm³/mol. The van der Waals surface area contributed by atoms with Crippen molar-refractivity contribution in [2.75, 3.05) is 6.54 Å². The van der Waals surface area contributed by atoms with E-state index in [9.17, 15) is 4.79 Å². The van der Waals surface area contributed by atoms with Crippen LogP contribution in [0.3, 0.4) is 0 Å². The second-order valence-corrected chi connectivity index (χ2v) is 4.95. The van der Waals surface area contributed by atoms with Crippen LogP contribution in [0.5, 0.6) is 0 Å². The zero-order valence-corrected chi connectivity index (χ0v) is 10.9. The standard InChI is InChI=1S/C10H12N6OS/c1-6-8-12-13-9(10-11-7(2)14-18-10)16(8)4-3-15(6)5-17/h5-6H,3-4H2,1-2H3. The summed E-state index contributed by atoms with van der Waals surface area (Å²) in [6.45, 7) is 5.16. The SMILES string of the molecule is Cc1nsc(-c2nnc3n2CCN(C=O)C3C)n1. The predicted octanol–water partition coefficient (Wildman–Crippen LogP) is 0.638. The Kier molecular flexibility index (Phi) is 2.58. The summed E-state index contributed by atoms with van der Waals surface area (Å²) in [5.41, 5.74) is 0. The Morgan fingerprint density at radius 3 is 2.89 bits per heavy atom. The first-order valence-corrected chi connectivity index (χ1v) is 6.43. The molecule has 0 aliphatic carbocycles. The monoisotopic (exact) mass is 264 g/mol. The van der Waals surface area contributed by atoms with Gasteiger partial charge in [0, 0.05) is 13.1 Å². The first-order valence-electron chi connectivity index (χ1n) is 5.65. The molecule has 0 saturated heterocycles. The van der Waals surface area contributed by atoms with Crippen molar-refractivity contribution < 1.29 is 4.79 Å². The Balaban J connectivity index is 2.04. The molecule has 2 aromatic rings. The fourth-order valence-corrected chi connectivity index (χ4v) is 2.76. The van der Waals surface area contributed by atoms with Crippen LogP contribution in [-0.2, 0) is 11.3 Å². The lowest BCUT2D eigenvalue weighted by molar-refractivity contribution is -0.121. The van der Waals surface area contributed by atoms with Gasteiger partial charge in [-0.3, -0.25) is 4.79 Å². The normalized spacial score (nSPS) is 18.8. The maximum absolute atomic E-state index is 10.9. The molecule has 0 radical (unpaired) electrons. The Labute approximate surface area is 108 Å². The third-order valence-electron chi connectivity index (χ3n) is 3.09. The molecule has 7 nitrogen and oxygen atoms in total. The summed E-state index contributed by atoms with van der Waals surface area (Å²) in [4.78, 5) is 17.0. The van der Waals surface area contributed by atoms with E-state index in [0.29, 0.717) is 13.1 Å². The molecule has 0 fully saturated rings. The summed E-state index contributed by atoms with van der Waals surface area (Å²) in [6.07, 6.45) is 0.859. The highest BCUT2D eigenvalue weighted by molar-refractivity contribution is 7.09. The van der Waals surface area contributed by atoms with Crippen molar-refractivity contribution in [2.45, 2.75) is 26.4 Å². The number of rotatable bonds is 2. The van der Waals surface area contributed by atoms with Crippen LogP contribution in [0.1, 0.15) is 24.6 Å². The Hall–Kier alpha value is -1.83. The van der Waals surface area contributed by atoms with E-state index >= 15 is 0 Å². The number of aryl methyl sites for hydroxylation is 1. The van der Waals surface area contributed by atoms with Gasteiger partial charge < -0.3 is 9.47 Å². The minimum absolute atomic E-state index is 0.0495. The van der Waals surface area contributed by atoms with Crippen LogP contribution in [0.15, 0.2) is 0 Å². The topological polar surface area (TPSA) is 76.8 Å². The van der Waals surface area contributed by atoms with Crippen molar-refractivity contribution >= 4 is 17.9 Å². The second kappa shape index (κ2) is 4.13. The summed E-state index contributed by atoms with van der Waals surface area (Å²) in [5, 5.41) is 9.13. The Bertz CT molecular complexity index is 591. The Morgan fingerprint density at radius 1 is 1.39 bits per heavy atom. The molecule has 0 spiro atoms. The summed E-state index contributed by atoms with van der Waals surface area (Å²) in [6, 6.07) is -0.0495. The fraction of sp³-hybridized carbons (Fsp3) is 0.500. The second-order valence-electron chi connectivity index (χ2n) is 4.20. The van der Waals surface area contributed by atoms with Crippen LogP contribution in [0, 0.1) is 6.92 Å². The van der Waals surface area contributed by atoms with E-state index < -0.39 is 0 Å². The summed E-state index contributed by atoms with van der Waals surface area (Å²) in [5.74, 6) is 2.29. The lowest BCUT2D eigenvalue weighted by atomic mass is 10.2. The van der Waals surface area contributed by atoms with Gasteiger partial charge >= 0.3 is 0 Å². The molecule has 1 aliphatic heterocycles. The number of amides is 1. The van der Waals surface area contributed by atoms with Crippen LogP contribution in [0.4, 0.5) is 0 Å². The maximum atomic E-state index is 10.9. The van der Waals surface area contributed by atoms with Gasteiger partial charge in [-0.25, -0.2) is 4.98 Å². The van der Waals surface area contributed by atoms with E-state index in [4.69, 9.17) is 0 Å². The first kappa shape index (κ1) is 11.3. The highest BCUT2D eigenvalue weighted by Gasteiger charge is 2.28. The molecule has 18 heavy (non-hydrogen) atoms. The van der Waals surface area contributed by atoms with Gasteiger partial charge in [-0.1, -0.05) is 0 Å². The first-order chi connectivity index (χ1) is 8.70. The molecule has 3 rings (SSSR count). The van der Waals surface area contributed by atoms with Crippen molar-refractivity contribution in [3.8, 4) is 10.8 Å². The summed E-state index contributed by atoms with van der Waals surface area (Å²) < 4.78 is 6.17. The summed E-state index contributed by atoms with van der Waals surface area (Å²) >= 11 is 1.32. The zero-order valence-electron chi connectivity index (χ0n) is 10.1. The van der Waals surface area contributed by atoms with Gasteiger partial charge in [0.05, 0.1) is 6.04 Å². The average molecular weight is 264 g/mol. The van der Waals surface area contributed by atoms with Gasteiger partial charge in [-0.2, -0.15) is 4.37 Å². The molecule has 1 aliphatic rings. The van der Waals surface area contributed by atoms with Gasteiger partial charge in [0.15, 0.2) is 16.7 Å². The molecule has 2 aromatic heterocycles. The van der Waals surface area contributed by atoms with Crippen LogP contribution in [0.2, 0.25) is 0 Å². The molecule has 0 saturated carbocycles. The van der Waals surface area contributed by atoms with Gasteiger partial charge in [-0.05, 0) is 25.4 Å². The summed E-state index contributed by atoms with van der Waals surface area (Å²) in [7, 11) is 0. The van der Waals surface area contributed by atoms with Crippen molar-refractivity contribution in [2.24, 2.45) is 0 Å². The molecular formula is C10H12N6OS. The highest BCUT2D eigenvalue weighted by atomic mass is 32.1. The minimum Gasteiger partial charge on any atom is -0.333 e. The molecular weight excluding hydrogens is 252 g/mol. The Morgan fingerprint density at radius 2 is 2.22 bits per heavy atom. The average Bonchev–Trinajstić information content (AvgIpc) is 2.96. The molecule has 1 atom stereocenters. The van der Waals surface area contributed by atoms with Crippen molar-refractivity contribution in [3.63, 3.8) is 0 Å². The van der Waals surface area contributed by atoms with Crippen LogP contribution < -0.4 is 0 Å². The molecule has 1 amide bonds. The molecule has 0 N–H and O–H groups in total. The number of hydrogen-bond donors (Lipinski definition) is 0. The molecule has 8 heteroatoms. The van der Waals surface area contributed by atoms with Gasteiger partial charge in [0.25, 0.3) is 0 Å². The van der Waals surface area contributed by atoms with E-state index in [1.807, 2.05) is 18.4 Å². The third-order valence-corrected chi connectivity index (χ3v) is 3.89. The maximum Gasteiger partial charge on any atom is 0.210 e. The van der Waals surface area contributed by atoms with E-state index in [2.05, 4.69) is 19.6 Å². The third kappa shape index (κ3) is 1.60. The molecule has 1 unspecified atom stereocenters. The van der Waals surface area contributed by atoms with Crippen molar-refractivity contribution in [1.29, 1.82) is 0 Å². The van der Waals surface area contributed by atoms with Crippen molar-refractivity contribution in [1.82, 2.24) is 29.0 Å². The number of fused-ring (bicyclic) bond motifs is 1. The number of carbonyl (C=O) groups excluding carboxylic acids is 1. The molecule has 94 valence electrons. The van der Waals surface area contributed by atoms with E-state index in [0.717, 1.165) is 28.9 Å². The van der Waals surface area contributed by atoms with E-state index in [1.54, 1.807) is 4.90 Å². The largest absolute Gasteiger partial charge is 0.333 e. The molecule has 3 heterocycles. The smallest absolute Gasteiger partial charge is 0.210 e. The van der Waals surface area contributed by atoms with Crippen LogP contribution in [0.25, 0.3) is 10.8 Å². The quantitative estimate of drug-likeness (QED) is 0.744. The fourth-order valence-electron chi connectivity index (χ4n) is 2.09. The van der Waals surface area contributed by atoms with E-state index in [1.165, 1.54) is 11.5 Å². The van der Waals surface area contributed by atoms with Crippen molar-refractivity contribution in [3.05, 3.63) is 11.6 Å². The number of hydrogen-bond acceptors (Lipinski definition) is 6. The van der Waals surface area contributed by atoms with Gasteiger partial charge in [0.1, 0.15) is 5.82 Å². The zero-order chi connectivity index (χ0) is 12.7. The van der Waals surface area contributed by atoms with Gasteiger partial charge in [-0.15, -0.1) is 10.2 Å².